The summed E-state index contributed by atoms with van der Waals surface area (Å²) in [6, 6.07) is 8.95. The molecule has 0 aliphatic heterocycles. The van der Waals surface area contributed by atoms with Crippen LogP contribution >= 0.6 is 0 Å². The smallest absolute Gasteiger partial charge is 0.387 e. The Hall–Kier alpha value is -2.37. The molecule has 0 atom stereocenters. The quantitative estimate of drug-likeness (QED) is 0.678. The monoisotopic (exact) mass is 349 g/mol. The topological polar surface area (TPSA) is 40.6 Å². The zero-order valence-electron chi connectivity index (χ0n) is 14.1. The van der Waals surface area contributed by atoms with Crippen LogP contribution in [0.4, 0.5) is 8.78 Å². The largest absolute Gasteiger partial charge is 0.489 e. The van der Waals surface area contributed by atoms with Gasteiger partial charge < -0.3 is 14.2 Å². The predicted octanol–water partition coefficient (Wildman–Crippen LogP) is 4.27. The van der Waals surface area contributed by atoms with E-state index in [-0.39, 0.29) is 5.75 Å². The van der Waals surface area contributed by atoms with Crippen LogP contribution in [-0.4, -0.2) is 25.3 Å². The number of halogens is 2. The lowest BCUT2D eigenvalue weighted by Crippen LogP contribution is -2.06. The highest BCUT2D eigenvalue weighted by atomic mass is 19.3. The first-order valence-corrected chi connectivity index (χ1v) is 8.33. The van der Waals surface area contributed by atoms with E-state index >= 15 is 0 Å². The lowest BCUT2D eigenvalue weighted by atomic mass is 10.0. The fourth-order valence-corrected chi connectivity index (χ4v) is 2.51. The van der Waals surface area contributed by atoms with Crippen molar-refractivity contribution in [2.24, 2.45) is 5.92 Å². The maximum absolute atomic E-state index is 12.6. The first-order valence-electron chi connectivity index (χ1n) is 8.33. The number of pyridine rings is 1. The number of aromatic nitrogens is 1. The number of hydrogen-bond acceptors (Lipinski definition) is 4. The fourth-order valence-electron chi connectivity index (χ4n) is 2.51. The van der Waals surface area contributed by atoms with E-state index in [1.54, 1.807) is 31.5 Å². The molecule has 2 aromatic rings. The number of hydrogen-bond donors (Lipinski definition) is 0. The summed E-state index contributed by atoms with van der Waals surface area (Å²) in [6.07, 6.45) is 5.51. The summed E-state index contributed by atoms with van der Waals surface area (Å²) in [5, 5.41) is 0. The van der Waals surface area contributed by atoms with Crippen LogP contribution < -0.4 is 14.2 Å². The zero-order valence-corrected chi connectivity index (χ0v) is 14.1. The van der Waals surface area contributed by atoms with Crippen LogP contribution in [-0.2, 0) is 12.8 Å². The molecule has 4 nitrogen and oxygen atoms in total. The second kappa shape index (κ2) is 8.14. The summed E-state index contributed by atoms with van der Waals surface area (Å²) < 4.78 is 40.5. The van der Waals surface area contributed by atoms with Crippen LogP contribution in [0.2, 0.25) is 0 Å². The molecule has 1 saturated carbocycles. The minimum Gasteiger partial charge on any atom is -0.489 e. The maximum Gasteiger partial charge on any atom is 0.387 e. The zero-order chi connectivity index (χ0) is 17.6. The van der Waals surface area contributed by atoms with Crippen LogP contribution in [0, 0.1) is 5.92 Å². The molecule has 3 rings (SSSR count). The molecule has 0 radical (unpaired) electrons. The highest BCUT2D eigenvalue weighted by Gasteiger charge is 2.23. The number of alkyl halides is 2. The van der Waals surface area contributed by atoms with Gasteiger partial charge in [0.15, 0.2) is 11.5 Å². The lowest BCUT2D eigenvalue weighted by Gasteiger charge is -2.13. The molecule has 0 spiro atoms. The van der Waals surface area contributed by atoms with Crippen LogP contribution in [0.5, 0.6) is 17.4 Å². The van der Waals surface area contributed by atoms with Gasteiger partial charge in [-0.25, -0.2) is 4.98 Å². The highest BCUT2D eigenvalue weighted by Crippen LogP contribution is 2.34. The van der Waals surface area contributed by atoms with E-state index < -0.39 is 6.61 Å². The summed E-state index contributed by atoms with van der Waals surface area (Å²) in [5.41, 5.74) is 2.10. The standard InChI is InChI=1S/C19H21F2NO3/c1-23-18-11-14(8-9-22-18)3-2-13-6-7-16(25-19(20)21)17(10-13)24-12-15-4-5-15/h6-11,15,19H,2-5,12H2,1H3. The number of rotatable bonds is 9. The molecule has 0 unspecified atom stereocenters. The highest BCUT2D eigenvalue weighted by molar-refractivity contribution is 5.43. The van der Waals surface area contributed by atoms with Crippen molar-refractivity contribution < 1.29 is 23.0 Å². The Morgan fingerprint density at radius 3 is 2.52 bits per heavy atom. The number of ether oxygens (including phenoxy) is 3. The van der Waals surface area contributed by atoms with Gasteiger partial charge in [0, 0.05) is 12.3 Å². The minimum absolute atomic E-state index is 0.0879. The van der Waals surface area contributed by atoms with E-state index in [4.69, 9.17) is 9.47 Å². The van der Waals surface area contributed by atoms with E-state index in [1.807, 2.05) is 12.1 Å². The van der Waals surface area contributed by atoms with Gasteiger partial charge in [-0.1, -0.05) is 6.07 Å². The molecule has 1 aliphatic carbocycles. The first-order chi connectivity index (χ1) is 12.1. The average Bonchev–Trinajstić information content (AvgIpc) is 3.44. The number of benzene rings is 1. The van der Waals surface area contributed by atoms with Crippen molar-refractivity contribution in [3.63, 3.8) is 0 Å². The Morgan fingerprint density at radius 1 is 1.08 bits per heavy atom. The Kier molecular flexibility index (Phi) is 5.68. The molecule has 0 bridgehead atoms. The Morgan fingerprint density at radius 2 is 1.84 bits per heavy atom. The van der Waals surface area contributed by atoms with Crippen molar-refractivity contribution in [1.29, 1.82) is 0 Å². The van der Waals surface area contributed by atoms with Crippen molar-refractivity contribution in [1.82, 2.24) is 4.98 Å². The first kappa shape index (κ1) is 17.5. The van der Waals surface area contributed by atoms with Gasteiger partial charge in [-0.05, 0) is 60.9 Å². The molecule has 25 heavy (non-hydrogen) atoms. The van der Waals surface area contributed by atoms with E-state index in [2.05, 4.69) is 9.72 Å². The Balaban J connectivity index is 1.68. The summed E-state index contributed by atoms with van der Waals surface area (Å²) in [7, 11) is 1.58. The van der Waals surface area contributed by atoms with Crippen molar-refractivity contribution in [3.05, 3.63) is 47.7 Å². The van der Waals surface area contributed by atoms with Crippen molar-refractivity contribution in [3.8, 4) is 17.4 Å². The van der Waals surface area contributed by atoms with E-state index in [0.717, 1.165) is 36.8 Å². The van der Waals surface area contributed by atoms with Gasteiger partial charge in [0.2, 0.25) is 5.88 Å². The fraction of sp³-hybridized carbons (Fsp3) is 0.421. The van der Waals surface area contributed by atoms with E-state index in [1.165, 1.54) is 0 Å². The van der Waals surface area contributed by atoms with Gasteiger partial charge in [0.05, 0.1) is 13.7 Å². The number of methoxy groups -OCH3 is 1. The van der Waals surface area contributed by atoms with Crippen molar-refractivity contribution >= 4 is 0 Å². The summed E-state index contributed by atoms with van der Waals surface area (Å²) >= 11 is 0. The average molecular weight is 349 g/mol. The van der Waals surface area contributed by atoms with E-state index in [0.29, 0.717) is 24.2 Å². The molecule has 1 fully saturated rings. The Bertz CT molecular complexity index is 705. The van der Waals surface area contributed by atoms with Crippen molar-refractivity contribution in [2.75, 3.05) is 13.7 Å². The molecule has 6 heteroatoms. The molecule has 1 aromatic carbocycles. The lowest BCUT2D eigenvalue weighted by molar-refractivity contribution is -0.0515. The van der Waals surface area contributed by atoms with E-state index in [9.17, 15) is 8.78 Å². The van der Waals surface area contributed by atoms with Crippen LogP contribution in [0.3, 0.4) is 0 Å². The van der Waals surface area contributed by atoms with Gasteiger partial charge in [-0.3, -0.25) is 0 Å². The molecular weight excluding hydrogens is 328 g/mol. The molecular formula is C19H21F2NO3. The van der Waals surface area contributed by atoms with Gasteiger partial charge in [-0.2, -0.15) is 8.78 Å². The second-order valence-corrected chi connectivity index (χ2v) is 6.12. The summed E-state index contributed by atoms with van der Waals surface area (Å²) in [6.45, 7) is -2.32. The van der Waals surface area contributed by atoms with Gasteiger partial charge >= 0.3 is 6.61 Å². The van der Waals surface area contributed by atoms with Gasteiger partial charge in [0.25, 0.3) is 0 Å². The summed E-state index contributed by atoms with van der Waals surface area (Å²) in [5.74, 6) is 1.58. The number of nitrogens with zero attached hydrogens (tertiary/aromatic N) is 1. The molecule has 134 valence electrons. The van der Waals surface area contributed by atoms with Crippen LogP contribution in [0.25, 0.3) is 0 Å². The van der Waals surface area contributed by atoms with Crippen LogP contribution in [0.1, 0.15) is 24.0 Å². The van der Waals surface area contributed by atoms with Crippen LogP contribution in [0.15, 0.2) is 36.5 Å². The van der Waals surface area contributed by atoms with Gasteiger partial charge in [0.1, 0.15) is 0 Å². The summed E-state index contributed by atoms with van der Waals surface area (Å²) in [4.78, 5) is 4.08. The third-order valence-corrected chi connectivity index (χ3v) is 4.11. The predicted molar refractivity (Wildman–Crippen MR) is 89.5 cm³/mol. The molecule has 1 heterocycles. The molecule has 0 amide bonds. The molecule has 1 aromatic heterocycles. The molecule has 0 N–H and O–H groups in total. The SMILES string of the molecule is COc1cc(CCc2ccc(OC(F)F)c(OCC3CC3)c2)ccn1. The Labute approximate surface area is 145 Å². The maximum atomic E-state index is 12.6. The third kappa shape index (κ3) is 5.31. The molecule has 1 aliphatic rings. The van der Waals surface area contributed by atoms with Crippen molar-refractivity contribution in [2.45, 2.75) is 32.3 Å². The molecule has 0 saturated heterocycles. The minimum atomic E-state index is -2.86. The third-order valence-electron chi connectivity index (χ3n) is 4.11. The number of aryl methyl sites for hydroxylation is 2. The van der Waals surface area contributed by atoms with Gasteiger partial charge in [-0.15, -0.1) is 0 Å². The second-order valence-electron chi connectivity index (χ2n) is 6.12. The normalized spacial score (nSPS) is 13.8.